The predicted molar refractivity (Wildman–Crippen MR) is 68.5 cm³/mol. The molecule has 1 aliphatic carbocycles. The van der Waals surface area contributed by atoms with Crippen molar-refractivity contribution in [3.63, 3.8) is 0 Å². The fourth-order valence-electron chi connectivity index (χ4n) is 2.74. The number of anilines is 1. The number of fused-ring (bicyclic) bond motifs is 1. The van der Waals surface area contributed by atoms with Crippen LogP contribution in [0.2, 0.25) is 0 Å². The van der Waals surface area contributed by atoms with Crippen molar-refractivity contribution in [3.8, 4) is 0 Å². The highest BCUT2D eigenvalue weighted by atomic mass is 16.2. The van der Waals surface area contributed by atoms with Crippen LogP contribution in [-0.4, -0.2) is 28.4 Å². The number of amides is 1. The summed E-state index contributed by atoms with van der Waals surface area (Å²) in [5, 5.41) is 0. The molecule has 1 aromatic heterocycles. The molecule has 18 heavy (non-hydrogen) atoms. The molecule has 0 bridgehead atoms. The van der Waals surface area contributed by atoms with Gasteiger partial charge in [-0.1, -0.05) is 6.07 Å². The zero-order chi connectivity index (χ0) is 12.7. The summed E-state index contributed by atoms with van der Waals surface area (Å²) in [6, 6.07) is 3.99. The third-order valence-corrected chi connectivity index (χ3v) is 3.91. The highest BCUT2D eigenvalue weighted by Gasteiger charge is 2.35. The first kappa shape index (κ1) is 11.5. The van der Waals surface area contributed by atoms with Crippen LogP contribution in [0, 0.1) is 5.92 Å². The molecule has 2 heterocycles. The van der Waals surface area contributed by atoms with Gasteiger partial charge < -0.3 is 16.4 Å². The zero-order valence-corrected chi connectivity index (χ0v) is 10.3. The van der Waals surface area contributed by atoms with Crippen LogP contribution in [0.15, 0.2) is 12.1 Å². The number of hydrogen-bond acceptors (Lipinski definition) is 4. The topological polar surface area (TPSA) is 85.2 Å². The SMILES string of the molecule is Nc1ccc2c(n1)CCN(C(=O)C1CC(N)C1)C2. The van der Waals surface area contributed by atoms with Crippen LogP contribution >= 0.6 is 0 Å². The lowest BCUT2D eigenvalue weighted by Gasteiger charge is -2.37. The molecule has 0 aromatic carbocycles. The van der Waals surface area contributed by atoms with E-state index < -0.39 is 0 Å². The number of pyridine rings is 1. The van der Waals surface area contributed by atoms with E-state index in [1.807, 2.05) is 11.0 Å². The number of carbonyl (C=O) groups excluding carboxylic acids is 1. The summed E-state index contributed by atoms with van der Waals surface area (Å²) < 4.78 is 0. The van der Waals surface area contributed by atoms with Gasteiger partial charge in [0.25, 0.3) is 0 Å². The number of rotatable bonds is 1. The molecule has 0 saturated heterocycles. The van der Waals surface area contributed by atoms with E-state index >= 15 is 0 Å². The van der Waals surface area contributed by atoms with E-state index in [0.29, 0.717) is 12.4 Å². The lowest BCUT2D eigenvalue weighted by molar-refractivity contribution is -0.139. The maximum Gasteiger partial charge on any atom is 0.226 e. The molecule has 0 radical (unpaired) electrons. The summed E-state index contributed by atoms with van der Waals surface area (Å²) in [4.78, 5) is 18.5. The van der Waals surface area contributed by atoms with Gasteiger partial charge in [0.1, 0.15) is 5.82 Å². The van der Waals surface area contributed by atoms with Crippen LogP contribution in [-0.2, 0) is 17.8 Å². The molecule has 3 rings (SSSR count). The Bertz CT molecular complexity index is 482. The number of nitrogen functional groups attached to an aromatic ring is 1. The normalized spacial score (nSPS) is 26.4. The Morgan fingerprint density at radius 1 is 1.39 bits per heavy atom. The summed E-state index contributed by atoms with van der Waals surface area (Å²) in [6.45, 7) is 1.40. The first-order valence-electron chi connectivity index (χ1n) is 6.42. The van der Waals surface area contributed by atoms with E-state index in [-0.39, 0.29) is 17.9 Å². The van der Waals surface area contributed by atoms with Crippen molar-refractivity contribution < 1.29 is 4.79 Å². The van der Waals surface area contributed by atoms with Gasteiger partial charge in [-0.15, -0.1) is 0 Å². The molecule has 1 saturated carbocycles. The summed E-state index contributed by atoms with van der Waals surface area (Å²) in [6.07, 6.45) is 2.47. The van der Waals surface area contributed by atoms with Crippen molar-refractivity contribution in [1.82, 2.24) is 9.88 Å². The third kappa shape index (κ3) is 1.95. The van der Waals surface area contributed by atoms with Gasteiger partial charge in [0.2, 0.25) is 5.91 Å². The van der Waals surface area contributed by atoms with Crippen molar-refractivity contribution in [2.45, 2.75) is 31.8 Å². The fraction of sp³-hybridized carbons (Fsp3) is 0.538. The van der Waals surface area contributed by atoms with E-state index in [0.717, 1.165) is 37.1 Å². The van der Waals surface area contributed by atoms with Gasteiger partial charge in [-0.2, -0.15) is 0 Å². The predicted octanol–water partition coefficient (Wildman–Crippen LogP) is 0.286. The van der Waals surface area contributed by atoms with E-state index in [4.69, 9.17) is 11.5 Å². The Morgan fingerprint density at radius 3 is 2.89 bits per heavy atom. The summed E-state index contributed by atoms with van der Waals surface area (Å²) in [5.74, 6) is 0.945. The zero-order valence-electron chi connectivity index (χ0n) is 10.3. The van der Waals surface area contributed by atoms with Gasteiger partial charge in [0.15, 0.2) is 0 Å². The molecule has 5 heteroatoms. The molecule has 2 aliphatic rings. The molecule has 1 amide bonds. The smallest absolute Gasteiger partial charge is 0.226 e. The van der Waals surface area contributed by atoms with E-state index in [9.17, 15) is 4.79 Å². The summed E-state index contributed by atoms with van der Waals surface area (Å²) >= 11 is 0. The quantitative estimate of drug-likeness (QED) is 0.745. The lowest BCUT2D eigenvalue weighted by Crippen LogP contribution is -2.48. The molecular weight excluding hydrogens is 228 g/mol. The number of nitrogens with two attached hydrogens (primary N) is 2. The summed E-state index contributed by atoms with van der Waals surface area (Å²) in [5.41, 5.74) is 13.5. The van der Waals surface area contributed by atoms with Crippen molar-refractivity contribution in [2.75, 3.05) is 12.3 Å². The van der Waals surface area contributed by atoms with Crippen LogP contribution in [0.4, 0.5) is 5.82 Å². The molecule has 1 aromatic rings. The van der Waals surface area contributed by atoms with Crippen LogP contribution in [0.3, 0.4) is 0 Å². The Kier molecular flexibility index (Phi) is 2.70. The van der Waals surface area contributed by atoms with Crippen LogP contribution in [0.1, 0.15) is 24.1 Å². The van der Waals surface area contributed by atoms with Gasteiger partial charge in [-0.3, -0.25) is 4.79 Å². The van der Waals surface area contributed by atoms with E-state index in [1.54, 1.807) is 6.07 Å². The van der Waals surface area contributed by atoms with Gasteiger partial charge in [0.05, 0.1) is 0 Å². The van der Waals surface area contributed by atoms with Crippen molar-refractivity contribution in [3.05, 3.63) is 23.4 Å². The summed E-state index contributed by atoms with van der Waals surface area (Å²) in [7, 11) is 0. The Balaban J connectivity index is 1.71. The minimum atomic E-state index is 0.142. The number of nitrogens with zero attached hydrogens (tertiary/aromatic N) is 2. The Labute approximate surface area is 106 Å². The minimum absolute atomic E-state index is 0.142. The van der Waals surface area contributed by atoms with E-state index in [1.165, 1.54) is 0 Å². The van der Waals surface area contributed by atoms with Gasteiger partial charge >= 0.3 is 0 Å². The van der Waals surface area contributed by atoms with E-state index in [2.05, 4.69) is 4.98 Å². The van der Waals surface area contributed by atoms with Crippen LogP contribution < -0.4 is 11.5 Å². The number of hydrogen-bond donors (Lipinski definition) is 2. The Morgan fingerprint density at radius 2 is 2.17 bits per heavy atom. The van der Waals surface area contributed by atoms with Crippen LogP contribution in [0.25, 0.3) is 0 Å². The third-order valence-electron chi connectivity index (χ3n) is 3.91. The largest absolute Gasteiger partial charge is 0.384 e. The van der Waals surface area contributed by atoms with Gasteiger partial charge in [-0.05, 0) is 24.5 Å². The second-order valence-corrected chi connectivity index (χ2v) is 5.28. The fourth-order valence-corrected chi connectivity index (χ4v) is 2.74. The average molecular weight is 246 g/mol. The molecule has 1 aliphatic heterocycles. The van der Waals surface area contributed by atoms with Crippen molar-refractivity contribution in [1.29, 1.82) is 0 Å². The molecule has 0 atom stereocenters. The average Bonchev–Trinajstić information content (AvgIpc) is 2.33. The van der Waals surface area contributed by atoms with Crippen molar-refractivity contribution >= 4 is 11.7 Å². The van der Waals surface area contributed by atoms with Crippen molar-refractivity contribution in [2.24, 2.45) is 11.7 Å². The van der Waals surface area contributed by atoms with Crippen LogP contribution in [0.5, 0.6) is 0 Å². The highest BCUT2D eigenvalue weighted by molar-refractivity contribution is 5.80. The molecule has 0 unspecified atom stereocenters. The maximum atomic E-state index is 12.2. The van der Waals surface area contributed by atoms with Gasteiger partial charge in [0, 0.05) is 37.2 Å². The lowest BCUT2D eigenvalue weighted by atomic mass is 9.79. The molecule has 4 N–H and O–H groups in total. The van der Waals surface area contributed by atoms with Gasteiger partial charge in [-0.25, -0.2) is 4.98 Å². The molecule has 0 spiro atoms. The minimum Gasteiger partial charge on any atom is -0.384 e. The number of aromatic nitrogens is 1. The molecule has 96 valence electrons. The first-order chi connectivity index (χ1) is 8.63. The second kappa shape index (κ2) is 4.24. The molecular formula is C13H18N4O. The molecule has 1 fully saturated rings. The highest BCUT2D eigenvalue weighted by Crippen LogP contribution is 2.29. The number of carbonyl (C=O) groups is 1. The Hall–Kier alpha value is -1.62. The standard InChI is InChI=1S/C13H18N4O/c14-10-5-9(6-10)13(18)17-4-3-11-8(7-17)1-2-12(15)16-11/h1-2,9-10H,3-7,14H2,(H2,15,16). The monoisotopic (exact) mass is 246 g/mol. The maximum absolute atomic E-state index is 12.2. The molecule has 5 nitrogen and oxygen atoms in total. The second-order valence-electron chi connectivity index (χ2n) is 5.28. The first-order valence-corrected chi connectivity index (χ1v) is 6.42.